The van der Waals surface area contributed by atoms with Crippen molar-refractivity contribution in [2.75, 3.05) is 11.4 Å². The van der Waals surface area contributed by atoms with Gasteiger partial charge in [-0.3, -0.25) is 4.99 Å². The minimum Gasteiger partial charge on any atom is -0.370 e. The Bertz CT molecular complexity index is 403. The molecule has 1 aliphatic heterocycles. The quantitative estimate of drug-likeness (QED) is 0.926. The number of nitrogens with zero attached hydrogens (tertiary/aromatic N) is 2. The van der Waals surface area contributed by atoms with Gasteiger partial charge in [0.1, 0.15) is 0 Å². The van der Waals surface area contributed by atoms with Crippen LogP contribution in [0.4, 0.5) is 5.69 Å². The molecule has 0 aromatic heterocycles. The van der Waals surface area contributed by atoms with Crippen LogP contribution in [0.5, 0.6) is 0 Å². The first kappa shape index (κ1) is 11.5. The lowest BCUT2D eigenvalue weighted by molar-refractivity contribution is 0.631. The smallest absolute Gasteiger partial charge is 0.196 e. The Kier molecular flexibility index (Phi) is 3.49. The molecular weight excluding hydrogens is 266 g/mol. The van der Waals surface area contributed by atoms with Gasteiger partial charge < -0.3 is 10.6 Å². The molecule has 1 atom stereocenters. The lowest BCUT2D eigenvalue weighted by Gasteiger charge is -2.26. The summed E-state index contributed by atoms with van der Waals surface area (Å²) in [6.07, 6.45) is 2.26. The van der Waals surface area contributed by atoms with Gasteiger partial charge in [0.25, 0.3) is 0 Å². The zero-order valence-electron chi connectivity index (χ0n) is 9.36. The Labute approximate surface area is 104 Å². The van der Waals surface area contributed by atoms with Gasteiger partial charge in [-0.1, -0.05) is 25.5 Å². The first-order valence-electron chi connectivity index (χ1n) is 5.57. The molecule has 0 radical (unpaired) electrons. The van der Waals surface area contributed by atoms with Crippen LogP contribution in [-0.4, -0.2) is 18.5 Å². The molecule has 0 amide bonds. The maximum absolute atomic E-state index is 5.96. The van der Waals surface area contributed by atoms with E-state index in [0.717, 1.165) is 29.5 Å². The molecule has 4 heteroatoms. The topological polar surface area (TPSA) is 41.6 Å². The van der Waals surface area contributed by atoms with Crippen LogP contribution in [0.2, 0.25) is 0 Å². The van der Waals surface area contributed by atoms with E-state index in [1.165, 1.54) is 0 Å². The second kappa shape index (κ2) is 4.87. The van der Waals surface area contributed by atoms with Crippen LogP contribution in [0.3, 0.4) is 0 Å². The molecule has 1 unspecified atom stereocenters. The first-order chi connectivity index (χ1) is 7.74. The highest BCUT2D eigenvalue weighted by Crippen LogP contribution is 2.30. The molecule has 0 saturated heterocycles. The molecule has 1 aliphatic rings. The summed E-state index contributed by atoms with van der Waals surface area (Å²) in [6, 6.07) is 8.54. The molecule has 0 saturated carbocycles. The van der Waals surface area contributed by atoms with Gasteiger partial charge in [-0.25, -0.2) is 0 Å². The van der Waals surface area contributed by atoms with E-state index in [0.29, 0.717) is 12.0 Å². The van der Waals surface area contributed by atoms with Gasteiger partial charge in [-0.15, -0.1) is 0 Å². The second-order valence-electron chi connectivity index (χ2n) is 3.96. The summed E-state index contributed by atoms with van der Waals surface area (Å²) in [5.41, 5.74) is 7.07. The minimum atomic E-state index is 0.406. The molecule has 2 rings (SSSR count). The minimum absolute atomic E-state index is 0.406. The average Bonchev–Trinajstić information content (AvgIpc) is 2.62. The molecule has 0 aliphatic carbocycles. The Morgan fingerprint density at radius 2 is 2.25 bits per heavy atom. The number of rotatable bonds is 3. The van der Waals surface area contributed by atoms with Gasteiger partial charge in [0, 0.05) is 4.47 Å². The SMILES string of the molecule is CCCC1CN=C(N)N1c1ccccc1Br. The summed E-state index contributed by atoms with van der Waals surface area (Å²) < 4.78 is 1.07. The van der Waals surface area contributed by atoms with Crippen molar-refractivity contribution in [2.45, 2.75) is 25.8 Å². The predicted molar refractivity (Wildman–Crippen MR) is 71.8 cm³/mol. The fourth-order valence-corrected chi connectivity index (χ4v) is 2.54. The van der Waals surface area contributed by atoms with E-state index < -0.39 is 0 Å². The van der Waals surface area contributed by atoms with E-state index in [-0.39, 0.29) is 0 Å². The molecule has 86 valence electrons. The average molecular weight is 282 g/mol. The van der Waals surface area contributed by atoms with Crippen LogP contribution >= 0.6 is 15.9 Å². The lowest BCUT2D eigenvalue weighted by Crippen LogP contribution is -2.40. The second-order valence-corrected chi connectivity index (χ2v) is 4.82. The van der Waals surface area contributed by atoms with Gasteiger partial charge in [0.2, 0.25) is 0 Å². The zero-order chi connectivity index (χ0) is 11.5. The maximum atomic E-state index is 5.96. The zero-order valence-corrected chi connectivity index (χ0v) is 10.9. The van der Waals surface area contributed by atoms with Crippen LogP contribution in [0.1, 0.15) is 19.8 Å². The highest BCUT2D eigenvalue weighted by molar-refractivity contribution is 9.10. The third-order valence-electron chi connectivity index (χ3n) is 2.81. The van der Waals surface area contributed by atoms with E-state index in [2.05, 4.69) is 38.8 Å². The van der Waals surface area contributed by atoms with E-state index in [1.54, 1.807) is 0 Å². The van der Waals surface area contributed by atoms with Crippen molar-refractivity contribution in [3.63, 3.8) is 0 Å². The number of guanidine groups is 1. The van der Waals surface area contributed by atoms with Crippen molar-refractivity contribution in [2.24, 2.45) is 10.7 Å². The number of benzene rings is 1. The number of halogens is 1. The van der Waals surface area contributed by atoms with Crippen LogP contribution in [0, 0.1) is 0 Å². The molecule has 3 nitrogen and oxygen atoms in total. The number of aliphatic imine (C=N–C) groups is 1. The Hall–Kier alpha value is -1.03. The normalized spacial score (nSPS) is 20.0. The highest BCUT2D eigenvalue weighted by atomic mass is 79.9. The van der Waals surface area contributed by atoms with Gasteiger partial charge in [0.05, 0.1) is 18.3 Å². The van der Waals surface area contributed by atoms with Crippen LogP contribution in [0.25, 0.3) is 0 Å². The van der Waals surface area contributed by atoms with Crippen molar-refractivity contribution in [1.29, 1.82) is 0 Å². The Morgan fingerprint density at radius 3 is 2.94 bits per heavy atom. The highest BCUT2D eigenvalue weighted by Gasteiger charge is 2.27. The molecule has 1 aromatic rings. The number of nitrogens with two attached hydrogens (primary N) is 1. The van der Waals surface area contributed by atoms with Gasteiger partial charge in [-0.05, 0) is 34.5 Å². The van der Waals surface area contributed by atoms with Crippen LogP contribution < -0.4 is 10.6 Å². The number of hydrogen-bond donors (Lipinski definition) is 1. The van der Waals surface area contributed by atoms with Gasteiger partial charge in [-0.2, -0.15) is 0 Å². The van der Waals surface area contributed by atoms with Crippen LogP contribution in [-0.2, 0) is 0 Å². The van der Waals surface area contributed by atoms with Crippen molar-refractivity contribution in [1.82, 2.24) is 0 Å². The Balaban J connectivity index is 2.30. The summed E-state index contributed by atoms with van der Waals surface area (Å²) in [6.45, 7) is 2.99. The fourth-order valence-electron chi connectivity index (χ4n) is 2.06. The van der Waals surface area contributed by atoms with Crippen molar-refractivity contribution >= 4 is 27.6 Å². The third kappa shape index (κ3) is 2.07. The molecule has 0 bridgehead atoms. The number of hydrogen-bond acceptors (Lipinski definition) is 3. The van der Waals surface area contributed by atoms with E-state index in [4.69, 9.17) is 5.73 Å². The van der Waals surface area contributed by atoms with Crippen molar-refractivity contribution < 1.29 is 0 Å². The first-order valence-corrected chi connectivity index (χ1v) is 6.37. The van der Waals surface area contributed by atoms with Gasteiger partial charge in [0.15, 0.2) is 5.96 Å². The molecule has 0 spiro atoms. The van der Waals surface area contributed by atoms with E-state index in [9.17, 15) is 0 Å². The summed E-state index contributed by atoms with van der Waals surface area (Å²) in [5, 5.41) is 0. The number of para-hydroxylation sites is 1. The van der Waals surface area contributed by atoms with Gasteiger partial charge >= 0.3 is 0 Å². The van der Waals surface area contributed by atoms with E-state index >= 15 is 0 Å². The standard InChI is InChI=1S/C12H16BrN3/c1-2-5-9-8-15-12(14)16(9)11-7-4-3-6-10(11)13/h3-4,6-7,9H,2,5,8H2,1H3,(H2,14,15). The van der Waals surface area contributed by atoms with Crippen molar-refractivity contribution in [3.8, 4) is 0 Å². The summed E-state index contributed by atoms with van der Waals surface area (Å²) in [5.74, 6) is 0.630. The fraction of sp³-hybridized carbons (Fsp3) is 0.417. The lowest BCUT2D eigenvalue weighted by atomic mass is 10.1. The summed E-state index contributed by atoms with van der Waals surface area (Å²) in [7, 11) is 0. The molecular formula is C12H16BrN3. The molecule has 1 heterocycles. The van der Waals surface area contributed by atoms with Crippen molar-refractivity contribution in [3.05, 3.63) is 28.7 Å². The molecule has 16 heavy (non-hydrogen) atoms. The van der Waals surface area contributed by atoms with E-state index in [1.807, 2.05) is 18.2 Å². The predicted octanol–water partition coefficient (Wildman–Crippen LogP) is 2.75. The monoisotopic (exact) mass is 281 g/mol. The molecule has 0 fully saturated rings. The largest absolute Gasteiger partial charge is 0.370 e. The number of anilines is 1. The summed E-state index contributed by atoms with van der Waals surface area (Å²) in [4.78, 5) is 6.47. The Morgan fingerprint density at radius 1 is 1.50 bits per heavy atom. The molecule has 1 aromatic carbocycles. The molecule has 2 N–H and O–H groups in total. The van der Waals surface area contributed by atoms with Crippen LogP contribution in [0.15, 0.2) is 33.7 Å². The summed E-state index contributed by atoms with van der Waals surface area (Å²) >= 11 is 3.56. The third-order valence-corrected chi connectivity index (χ3v) is 3.48. The maximum Gasteiger partial charge on any atom is 0.196 e.